The fourth-order valence-corrected chi connectivity index (χ4v) is 0.943. The molecule has 0 fully saturated rings. The van der Waals surface area contributed by atoms with Crippen LogP contribution in [-0.4, -0.2) is 56.1 Å². The van der Waals surface area contributed by atoms with Crippen molar-refractivity contribution in [1.82, 2.24) is 0 Å². The molecule has 0 atom stereocenters. The van der Waals surface area contributed by atoms with Gasteiger partial charge in [-0.1, -0.05) is 0 Å². The SMILES string of the molecule is CC(C)OCC(C)(C)F.CC(C)OCC(C)(F)F.CC(C)OCC(F)F. The van der Waals surface area contributed by atoms with Crippen LogP contribution in [0.5, 0.6) is 0 Å². The molecule has 0 aliphatic heterocycles. The molecule has 0 aromatic carbocycles. The van der Waals surface area contributed by atoms with E-state index in [0.717, 1.165) is 6.92 Å². The summed E-state index contributed by atoms with van der Waals surface area (Å²) in [5.41, 5.74) is -1.19. The van der Waals surface area contributed by atoms with Crippen molar-refractivity contribution in [2.75, 3.05) is 19.8 Å². The minimum Gasteiger partial charge on any atom is -0.376 e. The van der Waals surface area contributed by atoms with Gasteiger partial charge in [0.05, 0.1) is 24.9 Å². The lowest BCUT2D eigenvalue weighted by Gasteiger charge is -2.15. The molecule has 0 rings (SSSR count). The van der Waals surface area contributed by atoms with Gasteiger partial charge in [-0.15, -0.1) is 0 Å². The van der Waals surface area contributed by atoms with Gasteiger partial charge in [0, 0.05) is 6.92 Å². The van der Waals surface area contributed by atoms with Gasteiger partial charge in [0.15, 0.2) is 0 Å². The van der Waals surface area contributed by atoms with Crippen molar-refractivity contribution in [3.05, 3.63) is 0 Å². The minimum absolute atomic E-state index is 0.0935. The molecule has 0 unspecified atom stereocenters. The highest BCUT2D eigenvalue weighted by atomic mass is 19.3. The molecule has 0 bridgehead atoms. The summed E-state index contributed by atoms with van der Waals surface area (Å²) in [6.07, 6.45) is -2.42. The molecule has 0 radical (unpaired) electrons. The fraction of sp³-hybridized carbons (Fsp3) is 1.00. The molecule has 0 spiro atoms. The van der Waals surface area contributed by atoms with E-state index in [1.807, 2.05) is 13.8 Å². The third-order valence-electron chi connectivity index (χ3n) is 1.99. The van der Waals surface area contributed by atoms with Crippen molar-refractivity contribution < 1.29 is 36.2 Å². The van der Waals surface area contributed by atoms with Crippen molar-refractivity contribution in [2.45, 2.75) is 98.6 Å². The zero-order chi connectivity index (χ0) is 21.6. The van der Waals surface area contributed by atoms with Crippen LogP contribution >= 0.6 is 0 Å². The van der Waals surface area contributed by atoms with E-state index in [0.29, 0.717) is 0 Å². The second-order valence-electron chi connectivity index (χ2n) is 7.28. The van der Waals surface area contributed by atoms with E-state index < -0.39 is 31.2 Å². The summed E-state index contributed by atoms with van der Waals surface area (Å²) in [7, 11) is 0. The van der Waals surface area contributed by atoms with E-state index in [2.05, 4.69) is 9.47 Å². The minimum atomic E-state index is -2.69. The summed E-state index contributed by atoms with van der Waals surface area (Å²) in [6, 6.07) is 0. The molecule has 0 aliphatic rings. The van der Waals surface area contributed by atoms with Gasteiger partial charge in [-0.05, 0) is 55.4 Å². The lowest BCUT2D eigenvalue weighted by molar-refractivity contribution is -0.0791. The van der Waals surface area contributed by atoms with E-state index in [-0.39, 0.29) is 24.9 Å². The molecule has 0 saturated carbocycles. The summed E-state index contributed by atoms with van der Waals surface area (Å²) >= 11 is 0. The lowest BCUT2D eigenvalue weighted by Crippen LogP contribution is -2.22. The molecule has 0 amide bonds. The number of alkyl halides is 5. The molecule has 0 saturated heterocycles. The zero-order valence-corrected chi connectivity index (χ0v) is 17.5. The number of hydrogen-bond acceptors (Lipinski definition) is 3. The molecule has 26 heavy (non-hydrogen) atoms. The van der Waals surface area contributed by atoms with Crippen molar-refractivity contribution >= 4 is 0 Å². The van der Waals surface area contributed by atoms with Crippen molar-refractivity contribution in [1.29, 1.82) is 0 Å². The summed E-state index contributed by atoms with van der Waals surface area (Å²) in [6.45, 7) is 13.8. The van der Waals surface area contributed by atoms with Crippen LogP contribution in [0, 0.1) is 0 Å². The summed E-state index contributed by atoms with van der Waals surface area (Å²) in [4.78, 5) is 0. The maximum absolute atomic E-state index is 12.6. The van der Waals surface area contributed by atoms with Crippen molar-refractivity contribution in [2.24, 2.45) is 0 Å². The molecule has 0 aliphatic carbocycles. The van der Waals surface area contributed by atoms with Crippen LogP contribution in [0.2, 0.25) is 0 Å². The first-order valence-electron chi connectivity index (χ1n) is 8.66. The smallest absolute Gasteiger partial charge is 0.268 e. The van der Waals surface area contributed by atoms with Crippen LogP contribution in [0.3, 0.4) is 0 Å². The maximum Gasteiger partial charge on any atom is 0.268 e. The van der Waals surface area contributed by atoms with Crippen LogP contribution in [0.1, 0.15) is 62.3 Å². The van der Waals surface area contributed by atoms with Gasteiger partial charge in [-0.3, -0.25) is 0 Å². The second kappa shape index (κ2) is 15.6. The van der Waals surface area contributed by atoms with E-state index in [9.17, 15) is 22.0 Å². The highest BCUT2D eigenvalue weighted by Crippen LogP contribution is 2.12. The Labute approximate surface area is 155 Å². The van der Waals surface area contributed by atoms with Gasteiger partial charge in [-0.25, -0.2) is 22.0 Å². The molecule has 3 nitrogen and oxygen atoms in total. The van der Waals surface area contributed by atoms with Gasteiger partial charge in [0.1, 0.15) is 18.9 Å². The summed E-state index contributed by atoms with van der Waals surface area (Å²) in [5, 5.41) is 0. The summed E-state index contributed by atoms with van der Waals surface area (Å²) in [5.74, 6) is -2.69. The Morgan fingerprint density at radius 3 is 1.12 bits per heavy atom. The number of halogens is 5. The number of rotatable bonds is 9. The highest BCUT2D eigenvalue weighted by molar-refractivity contribution is 4.64. The van der Waals surface area contributed by atoms with E-state index in [1.54, 1.807) is 27.7 Å². The molecule has 0 aromatic heterocycles. The van der Waals surface area contributed by atoms with E-state index >= 15 is 0 Å². The largest absolute Gasteiger partial charge is 0.376 e. The monoisotopic (exact) mass is 396 g/mol. The molecule has 0 N–H and O–H groups in total. The van der Waals surface area contributed by atoms with Crippen LogP contribution in [-0.2, 0) is 14.2 Å². The van der Waals surface area contributed by atoms with Gasteiger partial charge >= 0.3 is 0 Å². The normalized spacial score (nSPS) is 12.2. The molecule has 0 aromatic rings. The van der Waals surface area contributed by atoms with Crippen LogP contribution in [0.4, 0.5) is 22.0 Å². The first-order chi connectivity index (χ1) is 11.5. The average molecular weight is 396 g/mol. The predicted molar refractivity (Wildman–Crippen MR) is 95.1 cm³/mol. The molecule has 0 heterocycles. The van der Waals surface area contributed by atoms with Gasteiger partial charge in [0.25, 0.3) is 12.3 Å². The first-order valence-corrected chi connectivity index (χ1v) is 8.66. The summed E-state index contributed by atoms with van der Waals surface area (Å²) < 4.78 is 73.3. The molecular formula is C18H37F5O3. The van der Waals surface area contributed by atoms with Gasteiger partial charge in [0.2, 0.25) is 0 Å². The maximum atomic E-state index is 12.6. The Balaban J connectivity index is -0.000000306. The van der Waals surface area contributed by atoms with E-state index in [1.165, 1.54) is 13.8 Å². The second-order valence-corrected chi connectivity index (χ2v) is 7.28. The van der Waals surface area contributed by atoms with Gasteiger partial charge < -0.3 is 14.2 Å². The van der Waals surface area contributed by atoms with E-state index in [4.69, 9.17) is 4.74 Å². The van der Waals surface area contributed by atoms with Crippen LogP contribution in [0.25, 0.3) is 0 Å². The zero-order valence-electron chi connectivity index (χ0n) is 17.5. The predicted octanol–water partition coefficient (Wildman–Crippen LogP) is 5.90. The van der Waals surface area contributed by atoms with Crippen molar-refractivity contribution in [3.8, 4) is 0 Å². The Kier molecular flexibility index (Phi) is 18.1. The third-order valence-corrected chi connectivity index (χ3v) is 1.99. The van der Waals surface area contributed by atoms with Crippen LogP contribution in [0.15, 0.2) is 0 Å². The number of ether oxygens (including phenoxy) is 3. The van der Waals surface area contributed by atoms with Crippen molar-refractivity contribution in [3.63, 3.8) is 0 Å². The molecule has 8 heteroatoms. The standard InChI is InChI=1S/C7H15FO.C6H12F2O.C5H10F2O/c1-6(2)9-5-7(3,4)8;1-5(2)9-4-6(3,7)8;1-4(2)8-3-5(6)7/h6H,5H2,1-4H3;5H,4H2,1-3H3;4-5H,3H2,1-2H3. The average Bonchev–Trinajstić information content (AvgIpc) is 2.41. The van der Waals surface area contributed by atoms with Gasteiger partial charge in [-0.2, -0.15) is 0 Å². The fourth-order valence-electron chi connectivity index (χ4n) is 0.943. The Morgan fingerprint density at radius 2 is 1.00 bits per heavy atom. The number of hydrogen-bond donors (Lipinski definition) is 0. The lowest BCUT2D eigenvalue weighted by atomic mass is 10.2. The quantitative estimate of drug-likeness (QED) is 0.454. The first kappa shape index (κ1) is 30.3. The molecular weight excluding hydrogens is 359 g/mol. The third kappa shape index (κ3) is 43.7. The Hall–Kier alpha value is -0.470. The topological polar surface area (TPSA) is 27.7 Å². The van der Waals surface area contributed by atoms with Crippen LogP contribution < -0.4 is 0 Å². The molecule has 162 valence electrons. The Morgan fingerprint density at radius 1 is 0.654 bits per heavy atom. The Bertz CT molecular complexity index is 268. The highest BCUT2D eigenvalue weighted by Gasteiger charge is 2.21.